The third-order valence-electron chi connectivity index (χ3n) is 2.64. The minimum absolute atomic E-state index is 0.181. The fourth-order valence-corrected chi connectivity index (χ4v) is 1.96. The highest BCUT2D eigenvalue weighted by molar-refractivity contribution is 5.73. The highest BCUT2D eigenvalue weighted by Gasteiger charge is 2.29. The van der Waals surface area contributed by atoms with Gasteiger partial charge in [0.15, 0.2) is 0 Å². The van der Waals surface area contributed by atoms with Crippen LogP contribution in [0.1, 0.15) is 32.1 Å². The van der Waals surface area contributed by atoms with Crippen LogP contribution in [0.25, 0.3) is 0 Å². The molecular weight excluding hydrogens is 156 g/mol. The number of hydrogen-bond acceptors (Lipinski definition) is 2. The molecule has 0 aliphatic heterocycles. The quantitative estimate of drug-likeness (QED) is 0.650. The van der Waals surface area contributed by atoms with E-state index in [9.17, 15) is 9.59 Å². The molecule has 0 amide bonds. The van der Waals surface area contributed by atoms with E-state index in [1.807, 2.05) is 0 Å². The highest BCUT2D eigenvalue weighted by Crippen LogP contribution is 2.32. The Bertz CT molecular complexity index is 171. The second-order valence-electron chi connectivity index (χ2n) is 3.39. The van der Waals surface area contributed by atoms with Crippen molar-refractivity contribution in [2.45, 2.75) is 32.1 Å². The molecule has 0 aromatic rings. The zero-order valence-corrected chi connectivity index (χ0v) is 7.03. The molecule has 1 N–H and O–H groups in total. The maximum atomic E-state index is 10.7. The van der Waals surface area contributed by atoms with Gasteiger partial charge in [0.05, 0.1) is 5.92 Å². The van der Waals surface area contributed by atoms with Crippen LogP contribution in [0.2, 0.25) is 0 Å². The van der Waals surface area contributed by atoms with Crippen molar-refractivity contribution >= 4 is 12.3 Å². The molecule has 1 rings (SSSR count). The molecule has 0 spiro atoms. The van der Waals surface area contributed by atoms with Crippen LogP contribution in [-0.4, -0.2) is 17.4 Å². The van der Waals surface area contributed by atoms with Gasteiger partial charge in [0.1, 0.15) is 6.29 Å². The average molecular weight is 170 g/mol. The Morgan fingerprint density at radius 2 is 2.08 bits per heavy atom. The minimum Gasteiger partial charge on any atom is -0.481 e. The largest absolute Gasteiger partial charge is 0.481 e. The molecule has 1 fully saturated rings. The Hall–Kier alpha value is -0.860. The molecule has 1 atom stereocenters. The first-order valence-corrected chi connectivity index (χ1v) is 4.42. The third-order valence-corrected chi connectivity index (χ3v) is 2.64. The molecular formula is C9H14O3. The van der Waals surface area contributed by atoms with Crippen LogP contribution in [0, 0.1) is 11.8 Å². The summed E-state index contributed by atoms with van der Waals surface area (Å²) < 4.78 is 0. The van der Waals surface area contributed by atoms with Gasteiger partial charge >= 0.3 is 5.97 Å². The Balaban J connectivity index is 2.51. The van der Waals surface area contributed by atoms with Crippen molar-refractivity contribution in [3.63, 3.8) is 0 Å². The molecule has 0 heterocycles. The Labute approximate surface area is 71.8 Å². The van der Waals surface area contributed by atoms with Crippen molar-refractivity contribution in [3.8, 4) is 0 Å². The van der Waals surface area contributed by atoms with E-state index in [1.165, 1.54) is 0 Å². The summed E-state index contributed by atoms with van der Waals surface area (Å²) in [6.07, 6.45) is 5.09. The normalized spacial score (nSPS) is 20.7. The lowest BCUT2D eigenvalue weighted by Crippen LogP contribution is -2.22. The van der Waals surface area contributed by atoms with E-state index < -0.39 is 11.9 Å². The molecule has 0 radical (unpaired) electrons. The van der Waals surface area contributed by atoms with E-state index in [1.54, 1.807) is 0 Å². The lowest BCUT2D eigenvalue weighted by Gasteiger charge is -2.15. The van der Waals surface area contributed by atoms with Gasteiger partial charge in [-0.1, -0.05) is 12.8 Å². The van der Waals surface area contributed by atoms with Gasteiger partial charge in [-0.25, -0.2) is 0 Å². The number of carboxylic acids is 1. The van der Waals surface area contributed by atoms with Gasteiger partial charge in [-0.05, 0) is 18.8 Å². The van der Waals surface area contributed by atoms with E-state index in [-0.39, 0.29) is 12.3 Å². The van der Waals surface area contributed by atoms with Gasteiger partial charge in [-0.2, -0.15) is 0 Å². The molecule has 0 aromatic heterocycles. The number of hydrogen-bond donors (Lipinski definition) is 1. The van der Waals surface area contributed by atoms with Gasteiger partial charge < -0.3 is 9.90 Å². The van der Waals surface area contributed by atoms with Crippen molar-refractivity contribution in [1.29, 1.82) is 0 Å². The predicted molar refractivity (Wildman–Crippen MR) is 43.8 cm³/mol. The summed E-state index contributed by atoms with van der Waals surface area (Å²) >= 11 is 0. The summed E-state index contributed by atoms with van der Waals surface area (Å²) in [4.78, 5) is 20.9. The van der Waals surface area contributed by atoms with E-state index >= 15 is 0 Å². The summed E-state index contributed by atoms with van der Waals surface area (Å²) in [6.45, 7) is 0. The minimum atomic E-state index is -0.811. The number of aldehydes is 1. The molecule has 3 heteroatoms. The molecule has 1 saturated carbocycles. The van der Waals surface area contributed by atoms with Crippen molar-refractivity contribution in [2.24, 2.45) is 11.8 Å². The summed E-state index contributed by atoms with van der Waals surface area (Å²) in [5, 5.41) is 8.81. The van der Waals surface area contributed by atoms with E-state index in [2.05, 4.69) is 0 Å². The number of rotatable bonds is 4. The summed E-state index contributed by atoms with van der Waals surface area (Å²) in [6, 6.07) is 0. The predicted octanol–water partition coefficient (Wildman–Crippen LogP) is 1.47. The van der Waals surface area contributed by atoms with Crippen molar-refractivity contribution in [1.82, 2.24) is 0 Å². The first kappa shape index (κ1) is 9.23. The SMILES string of the molecule is O=CCC(C(=O)O)C1CCCC1. The molecule has 1 aliphatic rings. The Kier molecular flexibility index (Phi) is 3.26. The highest BCUT2D eigenvalue weighted by atomic mass is 16.4. The maximum Gasteiger partial charge on any atom is 0.307 e. The van der Waals surface area contributed by atoms with Gasteiger partial charge in [-0.15, -0.1) is 0 Å². The van der Waals surface area contributed by atoms with Crippen molar-refractivity contribution in [2.75, 3.05) is 0 Å². The van der Waals surface area contributed by atoms with Crippen LogP contribution in [0.3, 0.4) is 0 Å². The lowest BCUT2D eigenvalue weighted by molar-refractivity contribution is -0.144. The van der Waals surface area contributed by atoms with E-state index in [0.29, 0.717) is 0 Å². The average Bonchev–Trinajstić information content (AvgIpc) is 2.51. The van der Waals surface area contributed by atoms with Crippen LogP contribution in [0.15, 0.2) is 0 Å². The maximum absolute atomic E-state index is 10.7. The molecule has 12 heavy (non-hydrogen) atoms. The van der Waals surface area contributed by atoms with Crippen molar-refractivity contribution < 1.29 is 14.7 Å². The first-order valence-electron chi connectivity index (χ1n) is 4.42. The number of carboxylic acid groups (broad SMARTS) is 1. The summed E-state index contributed by atoms with van der Waals surface area (Å²) in [5.41, 5.74) is 0. The van der Waals surface area contributed by atoms with E-state index in [0.717, 1.165) is 32.0 Å². The molecule has 0 bridgehead atoms. The van der Waals surface area contributed by atoms with Gasteiger partial charge in [0.25, 0.3) is 0 Å². The van der Waals surface area contributed by atoms with Crippen LogP contribution in [-0.2, 0) is 9.59 Å². The van der Waals surface area contributed by atoms with Crippen molar-refractivity contribution in [3.05, 3.63) is 0 Å². The van der Waals surface area contributed by atoms with Crippen LogP contribution in [0.5, 0.6) is 0 Å². The van der Waals surface area contributed by atoms with Crippen LogP contribution < -0.4 is 0 Å². The topological polar surface area (TPSA) is 54.4 Å². The second kappa shape index (κ2) is 4.24. The van der Waals surface area contributed by atoms with Gasteiger partial charge in [-0.3, -0.25) is 4.79 Å². The number of carbonyl (C=O) groups is 2. The molecule has 1 aliphatic carbocycles. The van der Waals surface area contributed by atoms with Crippen LogP contribution in [0.4, 0.5) is 0 Å². The second-order valence-corrected chi connectivity index (χ2v) is 3.39. The molecule has 68 valence electrons. The lowest BCUT2D eigenvalue weighted by atomic mass is 9.89. The smallest absolute Gasteiger partial charge is 0.307 e. The first-order chi connectivity index (χ1) is 5.75. The standard InChI is InChI=1S/C9H14O3/c10-6-5-8(9(11)12)7-3-1-2-4-7/h6-8H,1-5H2,(H,11,12). The van der Waals surface area contributed by atoms with Crippen LogP contribution >= 0.6 is 0 Å². The third kappa shape index (κ3) is 2.06. The number of aliphatic carboxylic acids is 1. The number of carbonyl (C=O) groups excluding carboxylic acids is 1. The van der Waals surface area contributed by atoms with E-state index in [4.69, 9.17) is 5.11 Å². The zero-order valence-electron chi connectivity index (χ0n) is 7.03. The fourth-order valence-electron chi connectivity index (χ4n) is 1.96. The molecule has 1 unspecified atom stereocenters. The summed E-state index contributed by atoms with van der Waals surface area (Å²) in [5.74, 6) is -0.994. The molecule has 0 aromatic carbocycles. The Morgan fingerprint density at radius 3 is 2.50 bits per heavy atom. The monoisotopic (exact) mass is 170 g/mol. The Morgan fingerprint density at radius 1 is 1.50 bits per heavy atom. The molecule has 0 saturated heterocycles. The van der Waals surface area contributed by atoms with Gasteiger partial charge in [0.2, 0.25) is 0 Å². The summed E-state index contributed by atoms with van der Waals surface area (Å²) in [7, 11) is 0. The van der Waals surface area contributed by atoms with Gasteiger partial charge in [0, 0.05) is 6.42 Å². The fraction of sp³-hybridized carbons (Fsp3) is 0.778. The zero-order chi connectivity index (χ0) is 8.97. The molecule has 3 nitrogen and oxygen atoms in total.